The molecule has 4 rings (SSSR count). The quantitative estimate of drug-likeness (QED) is 0.403. The maximum atomic E-state index is 12.6. The molecule has 27 heavy (non-hydrogen) atoms. The van der Waals surface area contributed by atoms with Gasteiger partial charge in [0.15, 0.2) is 0 Å². The Morgan fingerprint density at radius 3 is 2.63 bits per heavy atom. The lowest BCUT2D eigenvalue weighted by molar-refractivity contribution is -0.385. The van der Waals surface area contributed by atoms with Gasteiger partial charge in [0.2, 0.25) is 5.95 Å². The number of rotatable bonds is 3. The van der Waals surface area contributed by atoms with Crippen LogP contribution in [0.1, 0.15) is 18.5 Å². The average molecular weight is 364 g/mol. The number of carbonyl (C=O) groups excluding carboxylic acids is 1. The number of para-hydroxylation sites is 3. The summed E-state index contributed by atoms with van der Waals surface area (Å²) in [7, 11) is 1.30. The van der Waals surface area contributed by atoms with Gasteiger partial charge in [-0.1, -0.05) is 30.3 Å². The number of esters is 1. The number of imidazole rings is 1. The van der Waals surface area contributed by atoms with Crippen LogP contribution < -0.4 is 0 Å². The molecule has 0 aliphatic carbocycles. The predicted molar refractivity (Wildman–Crippen MR) is 99.2 cm³/mol. The number of aliphatic imine (C=N–C) groups is 1. The minimum absolute atomic E-state index is 0.0603. The Morgan fingerprint density at radius 2 is 1.89 bits per heavy atom. The van der Waals surface area contributed by atoms with E-state index in [1.807, 2.05) is 24.3 Å². The zero-order valence-corrected chi connectivity index (χ0v) is 14.7. The third kappa shape index (κ3) is 2.57. The molecule has 0 fully saturated rings. The number of nitro groups is 1. The van der Waals surface area contributed by atoms with Crippen molar-refractivity contribution in [2.24, 2.45) is 10.9 Å². The van der Waals surface area contributed by atoms with E-state index in [0.29, 0.717) is 22.7 Å². The van der Waals surface area contributed by atoms with Crippen LogP contribution in [0.2, 0.25) is 0 Å². The Balaban J connectivity index is 2.06. The third-order valence-electron chi connectivity index (χ3n) is 4.80. The van der Waals surface area contributed by atoms with Gasteiger partial charge in [-0.2, -0.15) is 0 Å². The molecule has 2 heterocycles. The highest BCUT2D eigenvalue weighted by Gasteiger charge is 2.42. The lowest BCUT2D eigenvalue weighted by atomic mass is 9.87. The van der Waals surface area contributed by atoms with Crippen molar-refractivity contribution in [2.75, 3.05) is 7.11 Å². The SMILES string of the molecule is COC(=O)C1C(C)=Nc2nc3ccccc3n2C1c1ccccc1[N+](=O)[O-]. The van der Waals surface area contributed by atoms with Crippen LogP contribution in [0.4, 0.5) is 11.6 Å². The number of hydrogen-bond donors (Lipinski definition) is 0. The zero-order chi connectivity index (χ0) is 19.1. The van der Waals surface area contributed by atoms with Gasteiger partial charge in [0.25, 0.3) is 5.69 Å². The molecule has 0 saturated heterocycles. The maximum Gasteiger partial charge on any atom is 0.316 e. The molecule has 0 saturated carbocycles. The highest BCUT2D eigenvalue weighted by molar-refractivity contribution is 6.04. The van der Waals surface area contributed by atoms with E-state index in [0.717, 1.165) is 5.52 Å². The average Bonchev–Trinajstić information content (AvgIpc) is 3.04. The van der Waals surface area contributed by atoms with Crippen molar-refractivity contribution in [1.82, 2.24) is 9.55 Å². The third-order valence-corrected chi connectivity index (χ3v) is 4.80. The molecule has 1 aliphatic rings. The van der Waals surface area contributed by atoms with Gasteiger partial charge in [-0.3, -0.25) is 19.5 Å². The van der Waals surface area contributed by atoms with E-state index >= 15 is 0 Å². The summed E-state index contributed by atoms with van der Waals surface area (Å²) in [4.78, 5) is 32.8. The molecular formula is C19H16N4O4. The first-order chi connectivity index (χ1) is 13.0. The fraction of sp³-hybridized carbons (Fsp3) is 0.211. The largest absolute Gasteiger partial charge is 0.468 e. The summed E-state index contributed by atoms with van der Waals surface area (Å²) < 4.78 is 6.78. The molecule has 8 nitrogen and oxygen atoms in total. The van der Waals surface area contributed by atoms with Crippen LogP contribution in [0.3, 0.4) is 0 Å². The molecule has 2 unspecified atom stereocenters. The molecule has 0 N–H and O–H groups in total. The molecule has 1 aliphatic heterocycles. The van der Waals surface area contributed by atoms with Crippen molar-refractivity contribution in [2.45, 2.75) is 13.0 Å². The van der Waals surface area contributed by atoms with Crippen molar-refractivity contribution < 1.29 is 14.5 Å². The Bertz CT molecular complexity index is 1100. The summed E-state index contributed by atoms with van der Waals surface area (Å²) >= 11 is 0. The monoisotopic (exact) mass is 364 g/mol. The van der Waals surface area contributed by atoms with E-state index in [1.54, 1.807) is 29.7 Å². The number of fused-ring (bicyclic) bond motifs is 3. The topological polar surface area (TPSA) is 99.6 Å². The second-order valence-electron chi connectivity index (χ2n) is 6.29. The molecule has 8 heteroatoms. The molecule has 0 bridgehead atoms. The van der Waals surface area contributed by atoms with Gasteiger partial charge in [0, 0.05) is 11.8 Å². The summed E-state index contributed by atoms with van der Waals surface area (Å²) in [6.45, 7) is 1.71. The first-order valence-electron chi connectivity index (χ1n) is 8.36. The molecule has 3 aromatic rings. The normalized spacial score (nSPS) is 18.7. The summed E-state index contributed by atoms with van der Waals surface area (Å²) in [5.74, 6) is -0.874. The van der Waals surface area contributed by atoms with Crippen molar-refractivity contribution in [3.8, 4) is 0 Å². The molecular weight excluding hydrogens is 348 g/mol. The van der Waals surface area contributed by atoms with E-state index in [2.05, 4.69) is 9.98 Å². The van der Waals surface area contributed by atoms with Crippen molar-refractivity contribution in [3.05, 3.63) is 64.2 Å². The summed E-state index contributed by atoms with van der Waals surface area (Å²) in [5.41, 5.74) is 2.32. The van der Waals surface area contributed by atoms with Crippen LogP contribution in [0, 0.1) is 16.0 Å². The van der Waals surface area contributed by atoms with Gasteiger partial charge in [-0.15, -0.1) is 0 Å². The Morgan fingerprint density at radius 1 is 1.19 bits per heavy atom. The number of carbonyl (C=O) groups is 1. The van der Waals surface area contributed by atoms with Crippen molar-refractivity contribution >= 4 is 34.4 Å². The second kappa shape index (κ2) is 6.31. The van der Waals surface area contributed by atoms with Crippen LogP contribution in [0.15, 0.2) is 53.5 Å². The van der Waals surface area contributed by atoms with E-state index in [9.17, 15) is 14.9 Å². The molecule has 2 aromatic carbocycles. The number of nitrogens with zero attached hydrogens (tertiary/aromatic N) is 4. The van der Waals surface area contributed by atoms with Crippen LogP contribution in [0.5, 0.6) is 0 Å². The molecule has 136 valence electrons. The fourth-order valence-corrected chi connectivity index (χ4v) is 3.64. The summed E-state index contributed by atoms with van der Waals surface area (Å²) in [6.07, 6.45) is 0. The van der Waals surface area contributed by atoms with Crippen LogP contribution in [0.25, 0.3) is 11.0 Å². The van der Waals surface area contributed by atoms with E-state index in [1.165, 1.54) is 13.2 Å². The number of methoxy groups -OCH3 is 1. The molecule has 0 radical (unpaired) electrons. The lowest BCUT2D eigenvalue weighted by Gasteiger charge is -2.31. The van der Waals surface area contributed by atoms with E-state index < -0.39 is 22.9 Å². The highest BCUT2D eigenvalue weighted by atomic mass is 16.6. The summed E-state index contributed by atoms with van der Waals surface area (Å²) in [6, 6.07) is 13.1. The van der Waals surface area contributed by atoms with E-state index in [-0.39, 0.29) is 5.69 Å². The minimum atomic E-state index is -0.791. The molecule has 2 atom stereocenters. The first-order valence-corrected chi connectivity index (χ1v) is 8.36. The number of aromatic nitrogens is 2. The highest BCUT2D eigenvalue weighted by Crippen LogP contribution is 2.42. The van der Waals surface area contributed by atoms with E-state index in [4.69, 9.17) is 4.74 Å². The van der Waals surface area contributed by atoms with Crippen LogP contribution >= 0.6 is 0 Å². The lowest BCUT2D eigenvalue weighted by Crippen LogP contribution is -2.36. The number of ether oxygens (including phenoxy) is 1. The molecule has 0 spiro atoms. The van der Waals surface area contributed by atoms with Gasteiger partial charge in [0.05, 0.1) is 34.7 Å². The van der Waals surface area contributed by atoms with Crippen LogP contribution in [-0.2, 0) is 9.53 Å². The first kappa shape index (κ1) is 16.9. The Kier molecular flexibility index (Phi) is 3.95. The van der Waals surface area contributed by atoms with Crippen molar-refractivity contribution in [3.63, 3.8) is 0 Å². The maximum absolute atomic E-state index is 12.6. The van der Waals surface area contributed by atoms with Gasteiger partial charge in [-0.25, -0.2) is 9.98 Å². The van der Waals surface area contributed by atoms with Gasteiger partial charge in [-0.05, 0) is 19.1 Å². The van der Waals surface area contributed by atoms with Gasteiger partial charge >= 0.3 is 5.97 Å². The molecule has 1 aromatic heterocycles. The standard InChI is InChI=1S/C19H16N4O4/c1-11-16(18(24)27-2)17(12-7-3-5-9-14(12)23(25)26)22-15-10-6-4-8-13(15)21-19(22)20-11/h3-10,16-17H,1-2H3. The number of hydrogen-bond acceptors (Lipinski definition) is 6. The molecule has 0 amide bonds. The predicted octanol–water partition coefficient (Wildman–Crippen LogP) is 3.43. The Labute approximate surface area is 154 Å². The minimum Gasteiger partial charge on any atom is -0.468 e. The summed E-state index contributed by atoms with van der Waals surface area (Å²) in [5, 5.41) is 11.6. The van der Waals surface area contributed by atoms with Crippen molar-refractivity contribution in [1.29, 1.82) is 0 Å². The second-order valence-corrected chi connectivity index (χ2v) is 6.29. The zero-order valence-electron chi connectivity index (χ0n) is 14.7. The van der Waals surface area contributed by atoms with Gasteiger partial charge in [0.1, 0.15) is 5.92 Å². The smallest absolute Gasteiger partial charge is 0.316 e. The fourth-order valence-electron chi connectivity index (χ4n) is 3.64. The van der Waals surface area contributed by atoms with Crippen LogP contribution in [-0.4, -0.2) is 33.3 Å². The van der Waals surface area contributed by atoms with Gasteiger partial charge < -0.3 is 4.74 Å². The number of benzene rings is 2. The Hall–Kier alpha value is -3.55. The number of nitro benzene ring substituents is 1.